The van der Waals surface area contributed by atoms with Crippen LogP contribution in [0, 0.1) is 11.8 Å². The van der Waals surface area contributed by atoms with Crippen molar-refractivity contribution in [2.45, 2.75) is 51.0 Å². The molecule has 0 aromatic heterocycles. The first-order valence-corrected chi connectivity index (χ1v) is 10.6. The SMILES string of the molecule is O=C(CSCC(=O)N1CCOCC1)N[C@@H]1CC[C@@H]2CCCC[C@H]2C1. The van der Waals surface area contributed by atoms with Gasteiger partial charge in [-0.2, -0.15) is 0 Å². The molecule has 2 amide bonds. The second-order valence-corrected chi connectivity index (χ2v) is 8.35. The molecule has 2 aliphatic carbocycles. The largest absolute Gasteiger partial charge is 0.378 e. The van der Waals surface area contributed by atoms with Crippen molar-refractivity contribution in [1.29, 1.82) is 0 Å². The van der Waals surface area contributed by atoms with Crippen LogP contribution in [0.25, 0.3) is 0 Å². The number of nitrogens with zero attached hydrogens (tertiary/aromatic N) is 1. The van der Waals surface area contributed by atoms with Crippen molar-refractivity contribution in [2.24, 2.45) is 11.8 Å². The van der Waals surface area contributed by atoms with Crippen LogP contribution in [0.3, 0.4) is 0 Å². The van der Waals surface area contributed by atoms with E-state index >= 15 is 0 Å². The molecule has 3 rings (SSSR count). The maximum Gasteiger partial charge on any atom is 0.232 e. The molecule has 2 saturated carbocycles. The predicted molar refractivity (Wildman–Crippen MR) is 96.0 cm³/mol. The highest BCUT2D eigenvalue weighted by Crippen LogP contribution is 2.40. The highest BCUT2D eigenvalue weighted by atomic mass is 32.2. The number of nitrogens with one attached hydrogen (secondary N) is 1. The smallest absolute Gasteiger partial charge is 0.232 e. The van der Waals surface area contributed by atoms with Crippen LogP contribution in [0.4, 0.5) is 0 Å². The maximum atomic E-state index is 12.2. The van der Waals surface area contributed by atoms with Gasteiger partial charge in [-0.05, 0) is 31.1 Å². The van der Waals surface area contributed by atoms with Crippen molar-refractivity contribution in [3.05, 3.63) is 0 Å². The molecular weight excluding hydrogens is 324 g/mol. The first kappa shape index (κ1) is 18.1. The van der Waals surface area contributed by atoms with E-state index in [1.54, 1.807) is 0 Å². The normalized spacial score (nSPS) is 30.5. The summed E-state index contributed by atoms with van der Waals surface area (Å²) in [6.07, 6.45) is 9.06. The summed E-state index contributed by atoms with van der Waals surface area (Å²) in [4.78, 5) is 26.0. The van der Waals surface area contributed by atoms with E-state index in [2.05, 4.69) is 5.32 Å². The Morgan fingerprint density at radius 3 is 2.54 bits per heavy atom. The lowest BCUT2D eigenvalue weighted by atomic mass is 9.69. The first-order valence-electron chi connectivity index (χ1n) is 9.45. The quantitative estimate of drug-likeness (QED) is 0.821. The van der Waals surface area contributed by atoms with Crippen LogP contribution in [0.2, 0.25) is 0 Å². The second-order valence-electron chi connectivity index (χ2n) is 7.37. The molecule has 0 aromatic carbocycles. The van der Waals surface area contributed by atoms with E-state index in [-0.39, 0.29) is 11.8 Å². The Morgan fingerprint density at radius 1 is 1.00 bits per heavy atom. The number of carbonyl (C=O) groups excluding carboxylic acids is 2. The summed E-state index contributed by atoms with van der Waals surface area (Å²) in [7, 11) is 0. The van der Waals surface area contributed by atoms with Crippen LogP contribution in [-0.2, 0) is 14.3 Å². The van der Waals surface area contributed by atoms with Gasteiger partial charge in [-0.25, -0.2) is 0 Å². The third kappa shape index (κ3) is 5.12. The van der Waals surface area contributed by atoms with E-state index in [0.717, 1.165) is 24.7 Å². The van der Waals surface area contributed by atoms with E-state index in [4.69, 9.17) is 4.74 Å². The zero-order valence-electron chi connectivity index (χ0n) is 14.5. The van der Waals surface area contributed by atoms with Crippen molar-refractivity contribution < 1.29 is 14.3 Å². The van der Waals surface area contributed by atoms with Crippen molar-refractivity contribution >= 4 is 23.6 Å². The molecule has 5 nitrogen and oxygen atoms in total. The molecule has 6 heteroatoms. The van der Waals surface area contributed by atoms with Gasteiger partial charge in [0.1, 0.15) is 0 Å². The highest BCUT2D eigenvalue weighted by Gasteiger charge is 2.32. The zero-order valence-corrected chi connectivity index (χ0v) is 15.3. The van der Waals surface area contributed by atoms with Gasteiger partial charge in [-0.15, -0.1) is 11.8 Å². The Bertz CT molecular complexity index is 440. The molecule has 1 aliphatic heterocycles. The number of hydrogen-bond acceptors (Lipinski definition) is 4. The summed E-state index contributed by atoms with van der Waals surface area (Å²) >= 11 is 1.43. The third-order valence-corrected chi connectivity index (χ3v) is 6.64. The number of thioether (sulfide) groups is 1. The number of amides is 2. The average Bonchev–Trinajstić information content (AvgIpc) is 2.62. The summed E-state index contributed by atoms with van der Waals surface area (Å²) in [5.74, 6) is 2.73. The van der Waals surface area contributed by atoms with Crippen LogP contribution in [0.5, 0.6) is 0 Å². The van der Waals surface area contributed by atoms with Gasteiger partial charge < -0.3 is 15.0 Å². The Morgan fingerprint density at radius 2 is 1.75 bits per heavy atom. The molecule has 0 spiro atoms. The standard InChI is InChI=1S/C18H30N2O3S/c21-17(12-24-13-18(22)20-7-9-23-10-8-20)19-16-6-5-14-3-1-2-4-15(14)11-16/h14-16H,1-13H2,(H,19,21)/t14-,15-,16+/m0/s1. The number of carbonyl (C=O) groups is 2. The Balaban J connectivity index is 1.31. The number of rotatable bonds is 5. The predicted octanol–water partition coefficient (Wildman–Crippen LogP) is 2.05. The minimum Gasteiger partial charge on any atom is -0.378 e. The van der Waals surface area contributed by atoms with E-state index in [1.165, 1.54) is 43.9 Å². The lowest BCUT2D eigenvalue weighted by molar-refractivity contribution is -0.132. The molecule has 3 aliphatic rings. The van der Waals surface area contributed by atoms with E-state index in [0.29, 0.717) is 43.9 Å². The fourth-order valence-corrected chi connectivity index (χ4v) is 5.14. The molecule has 1 heterocycles. The van der Waals surface area contributed by atoms with Crippen molar-refractivity contribution in [3.63, 3.8) is 0 Å². The molecule has 136 valence electrons. The van der Waals surface area contributed by atoms with Crippen LogP contribution in [-0.4, -0.2) is 60.6 Å². The monoisotopic (exact) mass is 354 g/mol. The lowest BCUT2D eigenvalue weighted by Gasteiger charge is -2.39. The van der Waals surface area contributed by atoms with Gasteiger partial charge in [-0.3, -0.25) is 9.59 Å². The summed E-state index contributed by atoms with van der Waals surface area (Å²) in [6.45, 7) is 2.61. The molecule has 0 bridgehead atoms. The number of fused-ring (bicyclic) bond motifs is 1. The molecule has 1 N–H and O–H groups in total. The van der Waals surface area contributed by atoms with E-state index in [1.807, 2.05) is 4.90 Å². The Labute approximate surface area is 149 Å². The lowest BCUT2D eigenvalue weighted by Crippen LogP contribution is -2.43. The minimum absolute atomic E-state index is 0.0917. The van der Waals surface area contributed by atoms with Crippen molar-refractivity contribution in [2.75, 3.05) is 37.8 Å². The van der Waals surface area contributed by atoms with Gasteiger partial charge in [0, 0.05) is 19.1 Å². The molecule has 24 heavy (non-hydrogen) atoms. The number of ether oxygens (including phenoxy) is 1. The van der Waals surface area contributed by atoms with E-state index < -0.39 is 0 Å². The fraction of sp³-hybridized carbons (Fsp3) is 0.889. The van der Waals surface area contributed by atoms with Crippen molar-refractivity contribution in [1.82, 2.24) is 10.2 Å². The summed E-state index contributed by atoms with van der Waals surface area (Å²) in [6, 6.07) is 0.354. The summed E-state index contributed by atoms with van der Waals surface area (Å²) < 4.78 is 5.25. The Kier molecular flexibility index (Phi) is 6.84. The van der Waals surface area contributed by atoms with Gasteiger partial charge in [0.15, 0.2) is 0 Å². The molecule has 0 unspecified atom stereocenters. The summed E-state index contributed by atoms with van der Waals surface area (Å²) in [5.41, 5.74) is 0. The van der Waals surface area contributed by atoms with Gasteiger partial charge in [0.25, 0.3) is 0 Å². The molecule has 1 saturated heterocycles. The van der Waals surface area contributed by atoms with E-state index in [9.17, 15) is 9.59 Å². The van der Waals surface area contributed by atoms with Crippen LogP contribution in [0.15, 0.2) is 0 Å². The molecule has 3 fully saturated rings. The minimum atomic E-state index is 0.0917. The molecular formula is C18H30N2O3S. The maximum absolute atomic E-state index is 12.2. The topological polar surface area (TPSA) is 58.6 Å². The second kappa shape index (κ2) is 9.09. The number of morpholine rings is 1. The van der Waals surface area contributed by atoms with Crippen LogP contribution in [0.1, 0.15) is 44.9 Å². The van der Waals surface area contributed by atoms with Gasteiger partial charge in [-0.1, -0.05) is 25.7 Å². The van der Waals surface area contributed by atoms with Crippen LogP contribution >= 0.6 is 11.8 Å². The fourth-order valence-electron chi connectivity index (χ4n) is 4.41. The van der Waals surface area contributed by atoms with Gasteiger partial charge >= 0.3 is 0 Å². The van der Waals surface area contributed by atoms with Gasteiger partial charge in [0.05, 0.1) is 24.7 Å². The van der Waals surface area contributed by atoms with Crippen LogP contribution < -0.4 is 5.32 Å². The highest BCUT2D eigenvalue weighted by molar-refractivity contribution is 8.00. The molecule has 0 radical (unpaired) electrons. The first-order chi connectivity index (χ1) is 11.7. The Hall–Kier alpha value is -0.750. The van der Waals surface area contributed by atoms with Crippen molar-refractivity contribution in [3.8, 4) is 0 Å². The molecule has 3 atom stereocenters. The summed E-state index contributed by atoms with van der Waals surface area (Å²) in [5, 5.41) is 3.20. The third-order valence-electron chi connectivity index (χ3n) is 5.73. The molecule has 0 aromatic rings. The number of hydrogen-bond donors (Lipinski definition) is 1. The average molecular weight is 355 g/mol. The van der Waals surface area contributed by atoms with Gasteiger partial charge in [0.2, 0.25) is 11.8 Å². The zero-order chi connectivity index (χ0) is 16.8.